The van der Waals surface area contributed by atoms with E-state index in [2.05, 4.69) is 16.1 Å². The second-order valence-electron chi connectivity index (χ2n) is 13.6. The van der Waals surface area contributed by atoms with Gasteiger partial charge in [0, 0.05) is 25.7 Å². The van der Waals surface area contributed by atoms with Gasteiger partial charge in [0.15, 0.2) is 11.6 Å². The topological polar surface area (TPSA) is 136 Å². The second kappa shape index (κ2) is 12.3. The Bertz CT molecular complexity index is 1770. The number of fused-ring (bicyclic) bond motifs is 1. The van der Waals surface area contributed by atoms with Crippen LogP contribution in [-0.4, -0.2) is 51.8 Å². The molecule has 1 saturated heterocycles. The highest BCUT2D eigenvalue weighted by atomic mass is 19.1. The normalized spacial score (nSPS) is 16.8. The van der Waals surface area contributed by atoms with Gasteiger partial charge in [-0.05, 0) is 66.4 Å². The van der Waals surface area contributed by atoms with Crippen molar-refractivity contribution in [2.75, 3.05) is 28.7 Å². The maximum atomic E-state index is 16.7. The Morgan fingerprint density at radius 3 is 2.15 bits per heavy atom. The first-order valence-electron chi connectivity index (χ1n) is 15.3. The third kappa shape index (κ3) is 7.10. The first-order chi connectivity index (χ1) is 21.5. The van der Waals surface area contributed by atoms with Gasteiger partial charge in [-0.2, -0.15) is 4.68 Å². The van der Waals surface area contributed by atoms with Crippen molar-refractivity contribution in [3.63, 3.8) is 0 Å². The summed E-state index contributed by atoms with van der Waals surface area (Å²) >= 11 is 0. The first-order valence-corrected chi connectivity index (χ1v) is 15.3. The lowest BCUT2D eigenvalue weighted by atomic mass is 10.1. The number of benzene rings is 2. The molecule has 3 aromatic rings. The zero-order chi connectivity index (χ0) is 33.6. The lowest BCUT2D eigenvalue weighted by Gasteiger charge is -2.26. The fourth-order valence-corrected chi connectivity index (χ4v) is 5.45. The largest absolute Gasteiger partial charge is 0.444 e. The molecule has 1 unspecified atom stereocenters. The lowest BCUT2D eigenvalue weighted by molar-refractivity contribution is 0.0507. The summed E-state index contributed by atoms with van der Waals surface area (Å²) in [6, 6.07) is 8.07. The van der Waals surface area contributed by atoms with Gasteiger partial charge in [0.25, 0.3) is 5.56 Å². The number of rotatable bonds is 7. The van der Waals surface area contributed by atoms with E-state index in [1.54, 1.807) is 65.8 Å². The molecule has 46 heavy (non-hydrogen) atoms. The van der Waals surface area contributed by atoms with E-state index in [1.165, 1.54) is 4.90 Å². The molecule has 5 rings (SSSR count). The van der Waals surface area contributed by atoms with E-state index >= 15 is 8.78 Å². The van der Waals surface area contributed by atoms with Gasteiger partial charge >= 0.3 is 17.9 Å². The van der Waals surface area contributed by atoms with Crippen molar-refractivity contribution in [3.8, 4) is 0 Å². The maximum absolute atomic E-state index is 16.7. The Morgan fingerprint density at radius 2 is 1.54 bits per heavy atom. The predicted octanol–water partition coefficient (Wildman–Crippen LogP) is 4.97. The molecular formula is C32H40F2N6O6. The summed E-state index contributed by atoms with van der Waals surface area (Å²) in [5.41, 5.74) is -1.95. The molecule has 2 aliphatic rings. The monoisotopic (exact) mass is 642 g/mol. The lowest BCUT2D eigenvalue weighted by Crippen LogP contribution is -2.48. The van der Waals surface area contributed by atoms with Crippen molar-refractivity contribution in [2.45, 2.75) is 90.6 Å². The molecular weight excluding hydrogens is 602 g/mol. The summed E-state index contributed by atoms with van der Waals surface area (Å²) in [4.78, 5) is 54.2. The first kappa shape index (κ1) is 32.8. The number of nitrogens with zero attached hydrogens (tertiary/aromatic N) is 3. The smallest absolute Gasteiger partial charge is 0.427 e. The summed E-state index contributed by atoms with van der Waals surface area (Å²) in [5.74, 6) is -2.12. The average molecular weight is 643 g/mol. The quantitative estimate of drug-likeness (QED) is 0.329. The molecule has 1 aromatic heterocycles. The van der Waals surface area contributed by atoms with Crippen LogP contribution < -0.4 is 32.2 Å². The third-order valence-electron chi connectivity index (χ3n) is 7.44. The maximum Gasteiger partial charge on any atom is 0.427 e. The van der Waals surface area contributed by atoms with Gasteiger partial charge in [-0.25, -0.2) is 28.6 Å². The molecule has 1 saturated carbocycles. The van der Waals surface area contributed by atoms with Gasteiger partial charge in [-0.15, -0.1) is 0 Å². The highest BCUT2D eigenvalue weighted by molar-refractivity contribution is 5.96. The number of alkyl carbamates (subject to hydrolysis) is 1. The minimum absolute atomic E-state index is 0.0572. The molecule has 0 spiro atoms. The number of amides is 2. The predicted molar refractivity (Wildman–Crippen MR) is 170 cm³/mol. The zero-order valence-electron chi connectivity index (χ0n) is 26.8. The van der Waals surface area contributed by atoms with Gasteiger partial charge in [-0.1, -0.05) is 30.3 Å². The number of hydrogen-bond donors (Lipinski definition) is 3. The third-order valence-corrected chi connectivity index (χ3v) is 7.44. The molecule has 12 nitrogen and oxygen atoms in total. The summed E-state index contributed by atoms with van der Waals surface area (Å²) in [7, 11) is 0. The molecule has 0 radical (unpaired) electrons. The van der Waals surface area contributed by atoms with Gasteiger partial charge in [-0.3, -0.25) is 9.36 Å². The molecule has 2 amide bonds. The van der Waals surface area contributed by atoms with Crippen LogP contribution in [0.15, 0.2) is 39.9 Å². The summed E-state index contributed by atoms with van der Waals surface area (Å²) in [6.07, 6.45) is -0.316. The Hall–Kier alpha value is -4.62. The van der Waals surface area contributed by atoms with Gasteiger partial charge in [0.1, 0.15) is 16.9 Å². The van der Waals surface area contributed by atoms with E-state index in [9.17, 15) is 19.2 Å². The van der Waals surface area contributed by atoms with Crippen LogP contribution >= 0.6 is 0 Å². The Kier molecular flexibility index (Phi) is 8.75. The fourth-order valence-electron chi connectivity index (χ4n) is 5.45. The van der Waals surface area contributed by atoms with Gasteiger partial charge in [0.2, 0.25) is 0 Å². The minimum Gasteiger partial charge on any atom is -0.444 e. The molecule has 1 aliphatic heterocycles. The summed E-state index contributed by atoms with van der Waals surface area (Å²) in [5, 5.41) is 5.28. The summed E-state index contributed by atoms with van der Waals surface area (Å²) < 4.78 is 45.5. The molecule has 2 aromatic carbocycles. The van der Waals surface area contributed by atoms with Crippen molar-refractivity contribution >= 4 is 34.5 Å². The molecule has 2 heterocycles. The van der Waals surface area contributed by atoms with Gasteiger partial charge in [0.05, 0.1) is 22.6 Å². The highest BCUT2D eigenvalue weighted by Gasteiger charge is 2.37. The Morgan fingerprint density at radius 1 is 0.913 bits per heavy atom. The van der Waals surface area contributed by atoms with E-state index in [1.807, 2.05) is 6.07 Å². The van der Waals surface area contributed by atoms with Crippen LogP contribution in [0.3, 0.4) is 0 Å². The van der Waals surface area contributed by atoms with Crippen LogP contribution in [0.2, 0.25) is 0 Å². The molecule has 1 atom stereocenters. The fraction of sp³-hybridized carbons (Fsp3) is 0.500. The average Bonchev–Trinajstić information content (AvgIpc) is 3.68. The number of carbonyl (C=O) groups is 2. The molecule has 0 bridgehead atoms. The minimum atomic E-state index is -1.12. The second-order valence-corrected chi connectivity index (χ2v) is 13.6. The van der Waals surface area contributed by atoms with Crippen molar-refractivity contribution < 1.29 is 27.8 Å². The molecule has 14 heteroatoms. The van der Waals surface area contributed by atoms with E-state index in [-0.39, 0.29) is 30.8 Å². The standard InChI is InChI=1S/C32H40F2N6O6/c1-31(2,3)45-28(42)36-19-14-15-38(17-19)26-22(33)24(35-16-18-10-8-7-9-11-18)21-25(23(26)34)39(20-12-13-20)30(44)40(27(21)41)37-29(43)46-32(4,5)6/h7-11,19-20,35H,12-17H2,1-6H3,(H,36,42)(H,37,43). The van der Waals surface area contributed by atoms with Gasteiger partial charge < -0.3 is 25.0 Å². The van der Waals surface area contributed by atoms with Crippen molar-refractivity contribution in [3.05, 3.63) is 68.4 Å². The van der Waals surface area contributed by atoms with E-state index < -0.39 is 69.4 Å². The summed E-state index contributed by atoms with van der Waals surface area (Å²) in [6.45, 7) is 10.3. The molecule has 2 fully saturated rings. The molecule has 1 aliphatic carbocycles. The van der Waals surface area contributed by atoms with E-state index in [0.29, 0.717) is 23.9 Å². The van der Waals surface area contributed by atoms with Crippen molar-refractivity contribution in [1.29, 1.82) is 0 Å². The van der Waals surface area contributed by atoms with E-state index in [4.69, 9.17) is 9.47 Å². The van der Waals surface area contributed by atoms with Crippen LogP contribution in [0.4, 0.5) is 29.7 Å². The Labute approximate surface area is 264 Å². The Balaban J connectivity index is 1.64. The number of anilines is 2. The van der Waals surface area contributed by atoms with E-state index in [0.717, 1.165) is 10.1 Å². The van der Waals surface area contributed by atoms with Crippen LogP contribution in [-0.2, 0) is 16.0 Å². The van der Waals surface area contributed by atoms with Crippen LogP contribution in [0.25, 0.3) is 10.9 Å². The SMILES string of the molecule is CC(C)(C)OC(=O)NC1CCN(c2c(F)c(NCc3ccccc3)c3c(=O)n(NC(=O)OC(C)(C)C)c(=O)n(C4CC4)c3c2F)C1. The highest BCUT2D eigenvalue weighted by Crippen LogP contribution is 2.42. The number of halogens is 2. The number of aromatic nitrogens is 2. The molecule has 248 valence electrons. The van der Waals surface area contributed by atoms with Crippen molar-refractivity contribution in [1.82, 2.24) is 14.6 Å². The van der Waals surface area contributed by atoms with Crippen LogP contribution in [0, 0.1) is 11.6 Å². The zero-order valence-corrected chi connectivity index (χ0v) is 26.8. The van der Waals surface area contributed by atoms with Crippen LogP contribution in [0.5, 0.6) is 0 Å². The van der Waals surface area contributed by atoms with Crippen LogP contribution in [0.1, 0.15) is 72.4 Å². The number of nitrogens with one attached hydrogen (secondary N) is 3. The molecule has 3 N–H and O–H groups in total. The van der Waals surface area contributed by atoms with Crippen molar-refractivity contribution in [2.24, 2.45) is 0 Å². The number of hydrogen-bond acceptors (Lipinski definition) is 8. The number of carbonyl (C=O) groups excluding carboxylic acids is 2. The number of ether oxygens (including phenoxy) is 2.